The minimum absolute atomic E-state index is 0.0410. The summed E-state index contributed by atoms with van der Waals surface area (Å²) in [5.41, 5.74) is 0.278. The third-order valence-corrected chi connectivity index (χ3v) is 4.36. The number of alkyl halides is 3. The van der Waals surface area contributed by atoms with Gasteiger partial charge in [0.25, 0.3) is 0 Å². The Balaban J connectivity index is 2.12. The standard InChI is InChI=1S/C16H21F3N2O3/c1-11-4-5-12(13(8-11)24-10-16(17,18)19)20-14(23)21(2)15(9-22)6-3-7-15/h4-5,8,22H,3,6-7,9-10H2,1-2H3,(H,20,23). The number of hydrogen-bond donors (Lipinski definition) is 2. The summed E-state index contributed by atoms with van der Waals surface area (Å²) in [5.74, 6) is -0.0410. The summed E-state index contributed by atoms with van der Waals surface area (Å²) in [6.45, 7) is 0.130. The molecular formula is C16H21F3N2O3. The third kappa shape index (κ3) is 4.11. The molecule has 134 valence electrons. The van der Waals surface area contributed by atoms with Crippen LogP contribution in [0.3, 0.4) is 0 Å². The number of rotatable bonds is 5. The molecule has 1 fully saturated rings. The number of amides is 2. The maximum Gasteiger partial charge on any atom is 0.422 e. The number of halogens is 3. The van der Waals surface area contributed by atoms with E-state index in [4.69, 9.17) is 4.74 Å². The zero-order chi connectivity index (χ0) is 18.0. The summed E-state index contributed by atoms with van der Waals surface area (Å²) in [4.78, 5) is 13.8. The molecule has 0 aromatic heterocycles. The number of carbonyl (C=O) groups is 1. The van der Waals surface area contributed by atoms with Crippen molar-refractivity contribution in [3.05, 3.63) is 23.8 Å². The van der Waals surface area contributed by atoms with Crippen molar-refractivity contribution in [2.75, 3.05) is 25.6 Å². The number of aliphatic hydroxyl groups excluding tert-OH is 1. The molecule has 1 aliphatic rings. The van der Waals surface area contributed by atoms with Gasteiger partial charge in [0.15, 0.2) is 6.61 Å². The number of likely N-dealkylation sites (N-methyl/N-ethyl adjacent to an activating group) is 1. The molecule has 1 saturated carbocycles. The topological polar surface area (TPSA) is 61.8 Å². The zero-order valence-electron chi connectivity index (χ0n) is 13.6. The highest BCUT2D eigenvalue weighted by Gasteiger charge is 2.42. The number of benzene rings is 1. The van der Waals surface area contributed by atoms with E-state index in [9.17, 15) is 23.1 Å². The quantitative estimate of drug-likeness (QED) is 0.860. The molecular weight excluding hydrogens is 325 g/mol. The first-order chi connectivity index (χ1) is 11.2. The van der Waals surface area contributed by atoms with Gasteiger partial charge in [-0.2, -0.15) is 13.2 Å². The van der Waals surface area contributed by atoms with Gasteiger partial charge in [-0.25, -0.2) is 4.79 Å². The fraction of sp³-hybridized carbons (Fsp3) is 0.562. The van der Waals surface area contributed by atoms with Crippen molar-refractivity contribution in [2.45, 2.75) is 37.9 Å². The molecule has 0 radical (unpaired) electrons. The molecule has 1 aliphatic carbocycles. The average molecular weight is 346 g/mol. The van der Waals surface area contributed by atoms with Crippen LogP contribution in [0.1, 0.15) is 24.8 Å². The monoisotopic (exact) mass is 346 g/mol. The van der Waals surface area contributed by atoms with Crippen molar-refractivity contribution in [1.82, 2.24) is 4.90 Å². The molecule has 0 saturated heterocycles. The number of ether oxygens (including phenoxy) is 1. The number of nitrogens with one attached hydrogen (secondary N) is 1. The Hall–Kier alpha value is -1.96. The number of aliphatic hydroxyl groups is 1. The van der Waals surface area contributed by atoms with E-state index in [0.717, 1.165) is 6.42 Å². The Bertz CT molecular complexity index is 595. The molecule has 2 rings (SSSR count). The fourth-order valence-electron chi connectivity index (χ4n) is 2.61. The first kappa shape index (κ1) is 18.4. The third-order valence-electron chi connectivity index (χ3n) is 4.36. The number of urea groups is 1. The smallest absolute Gasteiger partial charge is 0.422 e. The van der Waals surface area contributed by atoms with Crippen LogP contribution in [0.15, 0.2) is 18.2 Å². The van der Waals surface area contributed by atoms with Gasteiger partial charge < -0.3 is 20.1 Å². The first-order valence-electron chi connectivity index (χ1n) is 7.63. The second-order valence-electron chi connectivity index (χ2n) is 6.13. The molecule has 0 bridgehead atoms. The number of anilines is 1. The molecule has 8 heteroatoms. The van der Waals surface area contributed by atoms with Crippen molar-refractivity contribution in [3.8, 4) is 5.75 Å². The summed E-state index contributed by atoms with van der Waals surface area (Å²) in [6, 6.07) is 4.11. The largest absolute Gasteiger partial charge is 0.482 e. The Morgan fingerprint density at radius 2 is 2.08 bits per heavy atom. The first-order valence-corrected chi connectivity index (χ1v) is 7.63. The van der Waals surface area contributed by atoms with Gasteiger partial charge in [-0.1, -0.05) is 6.07 Å². The molecule has 24 heavy (non-hydrogen) atoms. The molecule has 2 N–H and O–H groups in total. The van der Waals surface area contributed by atoms with Crippen molar-refractivity contribution in [3.63, 3.8) is 0 Å². The van der Waals surface area contributed by atoms with Crippen molar-refractivity contribution >= 4 is 11.7 Å². The number of hydrogen-bond acceptors (Lipinski definition) is 3. The lowest BCUT2D eigenvalue weighted by Crippen LogP contribution is -2.57. The van der Waals surface area contributed by atoms with Crippen LogP contribution in [0.4, 0.5) is 23.7 Å². The molecule has 2 amide bonds. The lowest BCUT2D eigenvalue weighted by molar-refractivity contribution is -0.153. The Kier molecular flexibility index (Phi) is 5.27. The zero-order valence-corrected chi connectivity index (χ0v) is 13.6. The van der Waals surface area contributed by atoms with E-state index in [-0.39, 0.29) is 18.0 Å². The number of aryl methyl sites for hydroxylation is 1. The Morgan fingerprint density at radius 3 is 2.58 bits per heavy atom. The fourth-order valence-corrected chi connectivity index (χ4v) is 2.61. The number of carbonyl (C=O) groups excluding carboxylic acids is 1. The molecule has 1 aromatic carbocycles. The lowest BCUT2D eigenvalue weighted by Gasteiger charge is -2.47. The second kappa shape index (κ2) is 6.88. The SMILES string of the molecule is Cc1ccc(NC(=O)N(C)C2(CO)CCC2)c(OCC(F)(F)F)c1. The van der Waals surface area contributed by atoms with Gasteiger partial charge in [-0.3, -0.25) is 0 Å². The van der Waals surface area contributed by atoms with Gasteiger partial charge in [0.1, 0.15) is 5.75 Å². The minimum Gasteiger partial charge on any atom is -0.482 e. The van der Waals surface area contributed by atoms with Gasteiger partial charge in [0.2, 0.25) is 0 Å². The Labute approximate surface area is 138 Å². The van der Waals surface area contributed by atoms with Gasteiger partial charge in [0, 0.05) is 7.05 Å². The van der Waals surface area contributed by atoms with E-state index < -0.39 is 24.4 Å². The van der Waals surface area contributed by atoms with Crippen molar-refractivity contribution < 1.29 is 27.8 Å². The minimum atomic E-state index is -4.46. The van der Waals surface area contributed by atoms with Crippen LogP contribution in [0.25, 0.3) is 0 Å². The molecule has 0 unspecified atom stereocenters. The predicted octanol–water partition coefficient (Wildman–Crippen LogP) is 3.31. The normalized spacial score (nSPS) is 16.2. The van der Waals surface area contributed by atoms with E-state index in [1.165, 1.54) is 17.0 Å². The highest BCUT2D eigenvalue weighted by molar-refractivity contribution is 5.91. The highest BCUT2D eigenvalue weighted by atomic mass is 19.4. The van der Waals surface area contributed by atoms with Crippen LogP contribution in [0.2, 0.25) is 0 Å². The molecule has 0 heterocycles. The van der Waals surface area contributed by atoms with E-state index in [2.05, 4.69) is 5.32 Å². The average Bonchev–Trinajstić information content (AvgIpc) is 2.46. The summed E-state index contributed by atoms with van der Waals surface area (Å²) < 4.78 is 41.9. The molecule has 5 nitrogen and oxygen atoms in total. The molecule has 0 aliphatic heterocycles. The van der Waals surface area contributed by atoms with E-state index in [1.807, 2.05) is 0 Å². The van der Waals surface area contributed by atoms with Gasteiger partial charge in [-0.15, -0.1) is 0 Å². The summed E-state index contributed by atoms with van der Waals surface area (Å²) >= 11 is 0. The van der Waals surface area contributed by atoms with Crippen LogP contribution < -0.4 is 10.1 Å². The van der Waals surface area contributed by atoms with Crippen LogP contribution in [0, 0.1) is 6.92 Å². The number of nitrogens with zero attached hydrogens (tertiary/aromatic N) is 1. The van der Waals surface area contributed by atoms with Crippen LogP contribution in [-0.4, -0.2) is 48.0 Å². The Morgan fingerprint density at radius 1 is 1.42 bits per heavy atom. The predicted molar refractivity (Wildman–Crippen MR) is 83.2 cm³/mol. The molecule has 0 spiro atoms. The van der Waals surface area contributed by atoms with Gasteiger partial charge >= 0.3 is 12.2 Å². The van der Waals surface area contributed by atoms with E-state index in [0.29, 0.717) is 18.4 Å². The highest BCUT2D eigenvalue weighted by Crippen LogP contribution is 2.37. The van der Waals surface area contributed by atoms with Crippen LogP contribution >= 0.6 is 0 Å². The molecule has 0 atom stereocenters. The summed E-state index contributed by atoms with van der Waals surface area (Å²) in [7, 11) is 1.56. The maximum atomic E-state index is 12.4. The van der Waals surface area contributed by atoms with Crippen LogP contribution in [0.5, 0.6) is 5.75 Å². The van der Waals surface area contributed by atoms with Gasteiger partial charge in [0.05, 0.1) is 17.8 Å². The molecule has 1 aromatic rings. The van der Waals surface area contributed by atoms with E-state index >= 15 is 0 Å². The van der Waals surface area contributed by atoms with Gasteiger partial charge in [-0.05, 0) is 43.9 Å². The lowest BCUT2D eigenvalue weighted by atomic mass is 9.76. The van der Waals surface area contributed by atoms with Crippen molar-refractivity contribution in [2.24, 2.45) is 0 Å². The van der Waals surface area contributed by atoms with Crippen LogP contribution in [-0.2, 0) is 0 Å². The van der Waals surface area contributed by atoms with Crippen molar-refractivity contribution in [1.29, 1.82) is 0 Å². The van der Waals surface area contributed by atoms with E-state index in [1.54, 1.807) is 20.0 Å². The summed E-state index contributed by atoms with van der Waals surface area (Å²) in [5, 5.41) is 12.1. The summed E-state index contributed by atoms with van der Waals surface area (Å²) in [6.07, 6.45) is -2.16. The second-order valence-corrected chi connectivity index (χ2v) is 6.13. The maximum absolute atomic E-state index is 12.4.